The van der Waals surface area contributed by atoms with Gasteiger partial charge in [0.25, 0.3) is 0 Å². The molecule has 0 amide bonds. The Morgan fingerprint density at radius 1 is 1.40 bits per heavy atom. The van der Waals surface area contributed by atoms with Crippen LogP contribution >= 0.6 is 27.5 Å². The standard InChI is InChI=1S/C15H17BrClNO2/c1-20-15-10(6-11(17)8-12(15)16)7-13-14(19)9-2-4-18(13)5-3-9/h6-9,14,19H,2-5H2,1H3/b13-7-/t14-/m1/s1. The Bertz CT molecular complexity index is 549. The first kappa shape index (κ1) is 14.2. The van der Waals surface area contributed by atoms with Crippen molar-refractivity contribution in [1.29, 1.82) is 0 Å². The topological polar surface area (TPSA) is 32.7 Å². The average Bonchev–Trinajstić information content (AvgIpc) is 2.43. The summed E-state index contributed by atoms with van der Waals surface area (Å²) in [5.41, 5.74) is 1.88. The summed E-state index contributed by atoms with van der Waals surface area (Å²) in [6.07, 6.45) is 3.79. The molecule has 1 N–H and O–H groups in total. The van der Waals surface area contributed by atoms with Crippen LogP contribution in [0.5, 0.6) is 5.75 Å². The summed E-state index contributed by atoms with van der Waals surface area (Å²) >= 11 is 9.59. The summed E-state index contributed by atoms with van der Waals surface area (Å²) in [7, 11) is 1.64. The maximum absolute atomic E-state index is 10.4. The van der Waals surface area contributed by atoms with E-state index >= 15 is 0 Å². The second-order valence-corrected chi connectivity index (χ2v) is 6.64. The van der Waals surface area contributed by atoms with Crippen LogP contribution in [0.15, 0.2) is 22.3 Å². The molecule has 4 rings (SSSR count). The third-order valence-corrected chi connectivity index (χ3v) is 5.01. The second kappa shape index (κ2) is 5.58. The van der Waals surface area contributed by atoms with Crippen LogP contribution in [0.4, 0.5) is 0 Å². The minimum absolute atomic E-state index is 0.375. The molecule has 0 aliphatic carbocycles. The second-order valence-electron chi connectivity index (χ2n) is 5.35. The van der Waals surface area contributed by atoms with Crippen LogP contribution in [0.3, 0.4) is 0 Å². The van der Waals surface area contributed by atoms with Gasteiger partial charge in [0.1, 0.15) is 5.75 Å². The average molecular weight is 359 g/mol. The number of aliphatic hydroxyl groups excluding tert-OH is 1. The van der Waals surface area contributed by atoms with E-state index in [1.165, 1.54) is 0 Å². The molecule has 3 fully saturated rings. The van der Waals surface area contributed by atoms with Crippen LogP contribution in [0.25, 0.3) is 6.08 Å². The van der Waals surface area contributed by atoms with Gasteiger partial charge in [0.05, 0.1) is 17.7 Å². The molecule has 0 saturated carbocycles. The molecule has 108 valence electrons. The van der Waals surface area contributed by atoms with Crippen LogP contribution in [0.1, 0.15) is 18.4 Å². The Hall–Kier alpha value is -0.710. The zero-order chi connectivity index (χ0) is 14.3. The van der Waals surface area contributed by atoms with Crippen molar-refractivity contribution >= 4 is 33.6 Å². The van der Waals surface area contributed by atoms with E-state index in [-0.39, 0.29) is 6.10 Å². The number of rotatable bonds is 2. The quantitative estimate of drug-likeness (QED) is 0.878. The molecule has 0 unspecified atom stereocenters. The lowest BCUT2D eigenvalue weighted by molar-refractivity contribution is 0.0215. The third kappa shape index (κ3) is 2.45. The van der Waals surface area contributed by atoms with Crippen molar-refractivity contribution in [3.05, 3.63) is 32.9 Å². The molecule has 1 aromatic rings. The molecular formula is C15H17BrClNO2. The van der Waals surface area contributed by atoms with Crippen LogP contribution < -0.4 is 4.74 Å². The predicted octanol–water partition coefficient (Wildman–Crippen LogP) is 3.54. The number of ether oxygens (including phenoxy) is 1. The van der Waals surface area contributed by atoms with Crippen molar-refractivity contribution in [2.24, 2.45) is 5.92 Å². The maximum Gasteiger partial charge on any atom is 0.140 e. The van der Waals surface area contributed by atoms with Gasteiger partial charge in [0.15, 0.2) is 0 Å². The summed E-state index contributed by atoms with van der Waals surface area (Å²) in [6, 6.07) is 3.68. The molecule has 3 aliphatic heterocycles. The van der Waals surface area contributed by atoms with Gasteiger partial charge < -0.3 is 14.7 Å². The number of methoxy groups -OCH3 is 1. The molecule has 3 heterocycles. The van der Waals surface area contributed by atoms with Gasteiger partial charge in [-0.15, -0.1) is 0 Å². The first-order valence-corrected chi connectivity index (χ1v) is 7.95. The molecule has 1 atom stereocenters. The van der Waals surface area contributed by atoms with Crippen molar-refractivity contribution in [1.82, 2.24) is 4.90 Å². The minimum atomic E-state index is -0.375. The number of piperidine rings is 3. The SMILES string of the molecule is COc1c(Br)cc(Cl)cc1/C=C1/[C@H](O)C2CCN1CC2. The van der Waals surface area contributed by atoms with E-state index in [2.05, 4.69) is 20.8 Å². The van der Waals surface area contributed by atoms with Crippen molar-refractivity contribution in [3.63, 3.8) is 0 Å². The van der Waals surface area contributed by atoms with E-state index in [0.29, 0.717) is 10.9 Å². The van der Waals surface area contributed by atoms with Gasteiger partial charge in [-0.05, 0) is 52.9 Å². The number of fused-ring (bicyclic) bond motifs is 3. The van der Waals surface area contributed by atoms with E-state index in [1.54, 1.807) is 7.11 Å². The highest BCUT2D eigenvalue weighted by molar-refractivity contribution is 9.10. The van der Waals surface area contributed by atoms with Crippen LogP contribution in [0.2, 0.25) is 5.02 Å². The number of hydrogen-bond acceptors (Lipinski definition) is 3. The van der Waals surface area contributed by atoms with Crippen LogP contribution in [0, 0.1) is 5.92 Å². The summed E-state index contributed by atoms with van der Waals surface area (Å²) in [4.78, 5) is 2.26. The lowest BCUT2D eigenvalue weighted by Gasteiger charge is -2.46. The number of halogens is 2. The zero-order valence-corrected chi connectivity index (χ0v) is 13.6. The zero-order valence-electron chi connectivity index (χ0n) is 11.3. The van der Waals surface area contributed by atoms with Crippen molar-refractivity contribution in [2.45, 2.75) is 18.9 Å². The van der Waals surface area contributed by atoms with Gasteiger partial charge in [-0.2, -0.15) is 0 Å². The Labute approximate surface area is 132 Å². The molecule has 0 aromatic heterocycles. The Kier molecular flexibility index (Phi) is 3.98. The fourth-order valence-electron chi connectivity index (χ4n) is 3.14. The van der Waals surface area contributed by atoms with Gasteiger partial charge in [-0.25, -0.2) is 0 Å². The fraction of sp³-hybridized carbons (Fsp3) is 0.467. The highest BCUT2D eigenvalue weighted by atomic mass is 79.9. The van der Waals surface area contributed by atoms with Gasteiger partial charge >= 0.3 is 0 Å². The lowest BCUT2D eigenvalue weighted by atomic mass is 9.83. The molecule has 3 nitrogen and oxygen atoms in total. The molecular weight excluding hydrogens is 342 g/mol. The first-order valence-electron chi connectivity index (χ1n) is 6.78. The molecule has 20 heavy (non-hydrogen) atoms. The Morgan fingerprint density at radius 2 is 2.10 bits per heavy atom. The summed E-state index contributed by atoms with van der Waals surface area (Å²) in [5.74, 6) is 1.14. The largest absolute Gasteiger partial charge is 0.495 e. The third-order valence-electron chi connectivity index (χ3n) is 4.20. The number of aliphatic hydroxyl groups is 1. The van der Waals surface area contributed by atoms with Crippen LogP contribution in [-0.2, 0) is 0 Å². The normalized spacial score (nSPS) is 27.2. The van der Waals surface area contributed by atoms with Crippen LogP contribution in [-0.4, -0.2) is 36.3 Å². The van der Waals surface area contributed by atoms with Gasteiger partial charge in [0, 0.05) is 29.4 Å². The maximum atomic E-state index is 10.4. The summed E-state index contributed by atoms with van der Waals surface area (Å²) < 4.78 is 6.26. The molecule has 1 aromatic carbocycles. The number of benzene rings is 1. The molecule has 2 bridgehead atoms. The monoisotopic (exact) mass is 357 g/mol. The van der Waals surface area contributed by atoms with E-state index in [4.69, 9.17) is 16.3 Å². The highest BCUT2D eigenvalue weighted by Crippen LogP contribution is 2.39. The number of nitrogens with zero attached hydrogens (tertiary/aromatic N) is 1. The predicted molar refractivity (Wildman–Crippen MR) is 84.0 cm³/mol. The lowest BCUT2D eigenvalue weighted by Crippen LogP contribution is -2.48. The summed E-state index contributed by atoms with van der Waals surface area (Å²) in [6.45, 7) is 2.05. The minimum Gasteiger partial charge on any atom is -0.495 e. The molecule has 3 aliphatic rings. The van der Waals surface area contributed by atoms with Gasteiger partial charge in [-0.1, -0.05) is 11.6 Å². The van der Waals surface area contributed by atoms with E-state index < -0.39 is 0 Å². The molecule has 0 radical (unpaired) electrons. The fourth-order valence-corrected chi connectivity index (χ4v) is 4.14. The van der Waals surface area contributed by atoms with Gasteiger partial charge in [-0.3, -0.25) is 0 Å². The van der Waals surface area contributed by atoms with E-state index in [9.17, 15) is 5.11 Å². The molecule has 5 heteroatoms. The van der Waals surface area contributed by atoms with E-state index in [1.807, 2.05) is 18.2 Å². The Balaban J connectivity index is 2.03. The number of hydrogen-bond donors (Lipinski definition) is 1. The molecule has 0 spiro atoms. The highest BCUT2D eigenvalue weighted by Gasteiger charge is 2.36. The molecule has 3 saturated heterocycles. The van der Waals surface area contributed by atoms with Crippen molar-refractivity contribution in [3.8, 4) is 5.75 Å². The Morgan fingerprint density at radius 3 is 2.70 bits per heavy atom. The van der Waals surface area contributed by atoms with E-state index in [0.717, 1.165) is 47.4 Å². The van der Waals surface area contributed by atoms with Gasteiger partial charge in [0.2, 0.25) is 0 Å². The van der Waals surface area contributed by atoms with Crippen molar-refractivity contribution < 1.29 is 9.84 Å². The summed E-state index contributed by atoms with van der Waals surface area (Å²) in [5, 5.41) is 11.1. The van der Waals surface area contributed by atoms with Crippen molar-refractivity contribution in [2.75, 3.05) is 20.2 Å². The smallest absolute Gasteiger partial charge is 0.140 e. The first-order chi connectivity index (χ1) is 9.60.